The van der Waals surface area contributed by atoms with Gasteiger partial charge in [0.25, 0.3) is 0 Å². The minimum Gasteiger partial charge on any atom is -0.496 e. The number of ether oxygens (including phenoxy) is 1. The molecule has 1 aromatic carbocycles. The van der Waals surface area contributed by atoms with E-state index in [0.717, 1.165) is 50.2 Å². The molecule has 0 amide bonds. The fourth-order valence-electron chi connectivity index (χ4n) is 2.93. The van der Waals surface area contributed by atoms with Crippen molar-refractivity contribution in [2.75, 3.05) is 26.7 Å². The number of hydrogen-bond donors (Lipinski definition) is 1. The van der Waals surface area contributed by atoms with E-state index >= 15 is 0 Å². The number of hydrogen-bond acceptors (Lipinski definition) is 3. The minimum absolute atomic E-state index is 0.585. The fourth-order valence-corrected chi connectivity index (χ4v) is 2.93. The van der Waals surface area contributed by atoms with Crippen LogP contribution in [0, 0.1) is 0 Å². The van der Waals surface area contributed by atoms with Crippen LogP contribution in [-0.4, -0.2) is 42.4 Å². The molecule has 3 heteroatoms. The van der Waals surface area contributed by atoms with Crippen LogP contribution in [-0.2, 0) is 6.42 Å². The molecular weight excluding hydrogens is 238 g/mol. The minimum atomic E-state index is -0.585. The summed E-state index contributed by atoms with van der Waals surface area (Å²) in [6.45, 7) is 5.35. The molecule has 3 nitrogen and oxygen atoms in total. The second kappa shape index (κ2) is 6.40. The van der Waals surface area contributed by atoms with Gasteiger partial charge in [0.05, 0.1) is 12.7 Å². The average Bonchev–Trinajstić information content (AvgIpc) is 2.61. The lowest BCUT2D eigenvalue weighted by molar-refractivity contribution is 0.0253. The second-order valence-corrected chi connectivity index (χ2v) is 5.50. The summed E-state index contributed by atoms with van der Waals surface area (Å²) < 4.78 is 5.38. The smallest absolute Gasteiger partial charge is 0.122 e. The summed E-state index contributed by atoms with van der Waals surface area (Å²) in [6.07, 6.45) is 3.48. The van der Waals surface area contributed by atoms with E-state index in [1.807, 2.05) is 18.2 Å². The number of methoxy groups -OCH3 is 1. The van der Waals surface area contributed by atoms with Crippen molar-refractivity contribution in [3.63, 3.8) is 0 Å². The molecule has 1 aliphatic heterocycles. The summed E-state index contributed by atoms with van der Waals surface area (Å²) in [6, 6.07) is 8.00. The molecule has 0 saturated carbocycles. The van der Waals surface area contributed by atoms with Crippen molar-refractivity contribution < 1.29 is 9.84 Å². The lowest BCUT2D eigenvalue weighted by Crippen LogP contribution is -2.33. The Labute approximate surface area is 116 Å². The Morgan fingerprint density at radius 1 is 1.26 bits per heavy atom. The molecular formula is C16H25NO2. The highest BCUT2D eigenvalue weighted by molar-refractivity contribution is 5.34. The quantitative estimate of drug-likeness (QED) is 0.906. The van der Waals surface area contributed by atoms with Crippen molar-refractivity contribution >= 4 is 0 Å². The molecule has 2 rings (SSSR count). The summed E-state index contributed by atoms with van der Waals surface area (Å²) in [5.74, 6) is 0.882. The van der Waals surface area contributed by atoms with Crippen LogP contribution in [0.1, 0.15) is 31.7 Å². The molecule has 1 aliphatic rings. The molecule has 0 spiro atoms. The van der Waals surface area contributed by atoms with Crippen molar-refractivity contribution in [3.05, 3.63) is 29.8 Å². The lowest BCUT2D eigenvalue weighted by Gasteiger charge is -2.27. The third-order valence-corrected chi connectivity index (χ3v) is 4.17. The zero-order valence-electron chi connectivity index (χ0n) is 12.1. The van der Waals surface area contributed by atoms with E-state index in [1.165, 1.54) is 0 Å². The molecule has 1 saturated heterocycles. The van der Waals surface area contributed by atoms with E-state index in [2.05, 4.69) is 17.9 Å². The normalized spacial score (nSPS) is 25.0. The highest BCUT2D eigenvalue weighted by Crippen LogP contribution is 2.30. The predicted octanol–water partition coefficient (Wildman–Crippen LogP) is 2.47. The highest BCUT2D eigenvalue weighted by atomic mass is 16.5. The molecule has 0 aliphatic carbocycles. The summed E-state index contributed by atoms with van der Waals surface area (Å²) >= 11 is 0. The Kier molecular flexibility index (Phi) is 4.83. The summed E-state index contributed by atoms with van der Waals surface area (Å²) in [4.78, 5) is 2.42. The Hall–Kier alpha value is -1.06. The van der Waals surface area contributed by atoms with Crippen LogP contribution >= 0.6 is 0 Å². The first-order chi connectivity index (χ1) is 9.17. The molecule has 1 fully saturated rings. The number of para-hydroxylation sites is 1. The number of aliphatic hydroxyl groups is 1. The SMILES string of the molecule is CCN1CCCC(O)(Cc2ccccc2OC)CC1. The standard InChI is InChI=1S/C16H25NO2/c1-3-17-11-6-9-16(18,10-12-17)13-14-7-4-5-8-15(14)19-2/h4-5,7-8,18H,3,6,9-13H2,1-2H3. The van der Waals surface area contributed by atoms with E-state index in [1.54, 1.807) is 7.11 Å². The summed E-state index contributed by atoms with van der Waals surface area (Å²) in [5, 5.41) is 10.9. The summed E-state index contributed by atoms with van der Waals surface area (Å²) in [7, 11) is 1.69. The predicted molar refractivity (Wildman–Crippen MR) is 77.6 cm³/mol. The van der Waals surface area contributed by atoms with Crippen LogP contribution < -0.4 is 4.74 Å². The Balaban J connectivity index is 2.08. The zero-order valence-corrected chi connectivity index (χ0v) is 12.1. The Morgan fingerprint density at radius 2 is 2.05 bits per heavy atom. The first kappa shape index (κ1) is 14.4. The van der Waals surface area contributed by atoms with Crippen molar-refractivity contribution in [2.24, 2.45) is 0 Å². The van der Waals surface area contributed by atoms with Crippen molar-refractivity contribution in [3.8, 4) is 5.75 Å². The van der Waals surface area contributed by atoms with Crippen LogP contribution in [0.4, 0.5) is 0 Å². The van der Waals surface area contributed by atoms with E-state index < -0.39 is 5.60 Å². The van der Waals surface area contributed by atoms with Gasteiger partial charge in [-0.2, -0.15) is 0 Å². The van der Waals surface area contributed by atoms with Crippen LogP contribution in [0.5, 0.6) is 5.75 Å². The third-order valence-electron chi connectivity index (χ3n) is 4.17. The van der Waals surface area contributed by atoms with Crippen LogP contribution in [0.2, 0.25) is 0 Å². The van der Waals surface area contributed by atoms with Crippen molar-refractivity contribution in [2.45, 2.75) is 38.2 Å². The number of rotatable bonds is 4. The van der Waals surface area contributed by atoms with Gasteiger partial charge >= 0.3 is 0 Å². The van der Waals surface area contributed by atoms with E-state index in [-0.39, 0.29) is 0 Å². The van der Waals surface area contributed by atoms with Crippen molar-refractivity contribution in [1.29, 1.82) is 0 Å². The fraction of sp³-hybridized carbons (Fsp3) is 0.625. The molecule has 0 radical (unpaired) electrons. The molecule has 1 atom stereocenters. The van der Waals surface area contributed by atoms with Gasteiger partial charge in [0.2, 0.25) is 0 Å². The van der Waals surface area contributed by atoms with Crippen LogP contribution in [0.15, 0.2) is 24.3 Å². The monoisotopic (exact) mass is 263 g/mol. The Morgan fingerprint density at radius 3 is 2.79 bits per heavy atom. The first-order valence-electron chi connectivity index (χ1n) is 7.23. The van der Waals surface area contributed by atoms with Crippen molar-refractivity contribution in [1.82, 2.24) is 4.90 Å². The van der Waals surface area contributed by atoms with Crippen LogP contribution in [0.3, 0.4) is 0 Å². The van der Waals surface area contributed by atoms with E-state index in [0.29, 0.717) is 6.42 Å². The maximum Gasteiger partial charge on any atom is 0.122 e. The number of nitrogens with zero attached hydrogens (tertiary/aromatic N) is 1. The Bertz CT molecular complexity index is 407. The molecule has 1 N–H and O–H groups in total. The van der Waals surface area contributed by atoms with E-state index in [9.17, 15) is 5.11 Å². The molecule has 1 heterocycles. The van der Waals surface area contributed by atoms with Gasteiger partial charge in [0.1, 0.15) is 5.75 Å². The van der Waals surface area contributed by atoms with E-state index in [4.69, 9.17) is 4.74 Å². The second-order valence-electron chi connectivity index (χ2n) is 5.50. The van der Waals surface area contributed by atoms with Gasteiger partial charge in [-0.25, -0.2) is 0 Å². The lowest BCUT2D eigenvalue weighted by atomic mass is 9.87. The molecule has 0 aromatic heterocycles. The topological polar surface area (TPSA) is 32.7 Å². The molecule has 106 valence electrons. The van der Waals surface area contributed by atoms with Gasteiger partial charge in [-0.05, 0) is 44.0 Å². The van der Waals surface area contributed by atoms with Gasteiger partial charge in [-0.15, -0.1) is 0 Å². The largest absolute Gasteiger partial charge is 0.496 e. The van der Waals surface area contributed by atoms with Gasteiger partial charge in [-0.3, -0.25) is 0 Å². The van der Waals surface area contributed by atoms with Gasteiger partial charge in [0, 0.05) is 13.0 Å². The third kappa shape index (κ3) is 3.71. The van der Waals surface area contributed by atoms with Gasteiger partial charge < -0.3 is 14.7 Å². The maximum absolute atomic E-state index is 10.9. The highest BCUT2D eigenvalue weighted by Gasteiger charge is 2.30. The van der Waals surface area contributed by atoms with Crippen LogP contribution in [0.25, 0.3) is 0 Å². The number of benzene rings is 1. The number of likely N-dealkylation sites (tertiary alicyclic amines) is 1. The van der Waals surface area contributed by atoms with Gasteiger partial charge in [0.15, 0.2) is 0 Å². The maximum atomic E-state index is 10.9. The van der Waals surface area contributed by atoms with Gasteiger partial charge in [-0.1, -0.05) is 25.1 Å². The first-order valence-corrected chi connectivity index (χ1v) is 7.23. The zero-order chi connectivity index (χ0) is 13.7. The molecule has 1 unspecified atom stereocenters. The summed E-state index contributed by atoms with van der Waals surface area (Å²) in [5.41, 5.74) is 0.524. The average molecular weight is 263 g/mol. The molecule has 19 heavy (non-hydrogen) atoms. The molecule has 1 aromatic rings. The molecule has 0 bridgehead atoms.